The number of hydrogen-bond donors (Lipinski definition) is 0. The Balaban J connectivity index is 1.58. The number of ketones is 1. The summed E-state index contributed by atoms with van der Waals surface area (Å²) in [4.78, 5) is 21.3. The fourth-order valence-electron chi connectivity index (χ4n) is 3.12. The predicted molar refractivity (Wildman–Crippen MR) is 77.8 cm³/mol. The number of carbonyl (C=O) groups is 1. The summed E-state index contributed by atoms with van der Waals surface area (Å²) in [5, 5.41) is 3.14. The second kappa shape index (κ2) is 6.01. The van der Waals surface area contributed by atoms with E-state index < -0.39 is 0 Å². The molecule has 1 saturated heterocycles. The molecule has 2 heterocycles. The van der Waals surface area contributed by atoms with Gasteiger partial charge in [0.15, 0.2) is 5.13 Å². The molecule has 1 unspecified atom stereocenters. The van der Waals surface area contributed by atoms with Crippen molar-refractivity contribution in [3.8, 4) is 0 Å². The summed E-state index contributed by atoms with van der Waals surface area (Å²) in [6.07, 6.45) is 7.24. The van der Waals surface area contributed by atoms with Crippen LogP contribution in [0.4, 0.5) is 5.13 Å². The molecule has 1 atom stereocenters. The van der Waals surface area contributed by atoms with Crippen molar-refractivity contribution in [3.05, 3.63) is 11.6 Å². The van der Waals surface area contributed by atoms with Gasteiger partial charge in [-0.15, -0.1) is 11.3 Å². The van der Waals surface area contributed by atoms with E-state index >= 15 is 0 Å². The van der Waals surface area contributed by atoms with Gasteiger partial charge in [0.05, 0.1) is 6.04 Å². The molecule has 3 rings (SSSR count). The van der Waals surface area contributed by atoms with E-state index in [2.05, 4.69) is 14.8 Å². The smallest absolute Gasteiger partial charge is 0.185 e. The van der Waals surface area contributed by atoms with E-state index in [0.29, 0.717) is 5.78 Å². The third-order valence-electron chi connectivity index (χ3n) is 4.22. The van der Waals surface area contributed by atoms with Crippen molar-refractivity contribution < 1.29 is 4.79 Å². The van der Waals surface area contributed by atoms with E-state index in [1.165, 1.54) is 12.8 Å². The van der Waals surface area contributed by atoms with Crippen molar-refractivity contribution in [2.45, 2.75) is 38.1 Å². The normalized spacial score (nSPS) is 26.4. The van der Waals surface area contributed by atoms with E-state index in [4.69, 9.17) is 0 Å². The maximum atomic E-state index is 12.2. The molecular formula is C14H21N3OS. The maximum Gasteiger partial charge on any atom is 0.185 e. The van der Waals surface area contributed by atoms with Gasteiger partial charge in [-0.1, -0.05) is 12.8 Å². The fraction of sp³-hybridized carbons (Fsp3) is 0.714. The fourth-order valence-corrected chi connectivity index (χ4v) is 3.82. The van der Waals surface area contributed by atoms with Crippen molar-refractivity contribution in [3.63, 3.8) is 0 Å². The first-order valence-electron chi connectivity index (χ1n) is 7.26. The number of hydrogen-bond acceptors (Lipinski definition) is 5. The van der Waals surface area contributed by atoms with E-state index in [9.17, 15) is 4.79 Å². The van der Waals surface area contributed by atoms with Crippen LogP contribution < -0.4 is 4.90 Å². The molecule has 0 radical (unpaired) electrons. The van der Waals surface area contributed by atoms with Crippen LogP contribution in [0.25, 0.3) is 0 Å². The SMILES string of the molecule is O=C1CCCCCC1N1CCN(c2nccs2)CC1. The van der Waals surface area contributed by atoms with Gasteiger partial charge in [0.1, 0.15) is 5.78 Å². The molecule has 0 aromatic carbocycles. The minimum absolute atomic E-state index is 0.195. The van der Waals surface area contributed by atoms with Crippen LogP contribution >= 0.6 is 11.3 Å². The second-order valence-corrected chi connectivity index (χ2v) is 6.29. The van der Waals surface area contributed by atoms with Gasteiger partial charge in [0, 0.05) is 44.2 Å². The molecule has 1 aromatic heterocycles. The summed E-state index contributed by atoms with van der Waals surface area (Å²) in [6, 6.07) is 0.195. The van der Waals surface area contributed by atoms with Gasteiger partial charge in [0.25, 0.3) is 0 Å². The van der Waals surface area contributed by atoms with Gasteiger partial charge in [0.2, 0.25) is 0 Å². The highest BCUT2D eigenvalue weighted by atomic mass is 32.1. The highest BCUT2D eigenvalue weighted by Gasteiger charge is 2.29. The van der Waals surface area contributed by atoms with E-state index in [-0.39, 0.29) is 6.04 Å². The molecule has 0 bridgehead atoms. The van der Waals surface area contributed by atoms with Crippen LogP contribution in [-0.4, -0.2) is 47.9 Å². The van der Waals surface area contributed by atoms with Crippen LogP contribution in [0.1, 0.15) is 32.1 Å². The van der Waals surface area contributed by atoms with E-state index in [1.807, 2.05) is 11.6 Å². The Kier molecular flexibility index (Phi) is 4.13. The summed E-state index contributed by atoms with van der Waals surface area (Å²) in [5.74, 6) is 0.472. The molecule has 104 valence electrons. The molecular weight excluding hydrogens is 258 g/mol. The molecule has 1 aliphatic carbocycles. The number of rotatable bonds is 2. The quantitative estimate of drug-likeness (QED) is 0.777. The summed E-state index contributed by atoms with van der Waals surface area (Å²) >= 11 is 1.70. The summed E-state index contributed by atoms with van der Waals surface area (Å²) in [5.41, 5.74) is 0. The molecule has 0 amide bonds. The molecule has 1 aromatic rings. The number of aromatic nitrogens is 1. The van der Waals surface area contributed by atoms with Crippen LogP contribution in [0, 0.1) is 0 Å². The molecule has 0 N–H and O–H groups in total. The lowest BCUT2D eigenvalue weighted by Gasteiger charge is -2.38. The van der Waals surface area contributed by atoms with Crippen molar-refractivity contribution >= 4 is 22.3 Å². The lowest BCUT2D eigenvalue weighted by atomic mass is 10.0. The van der Waals surface area contributed by atoms with Gasteiger partial charge in [-0.3, -0.25) is 9.69 Å². The molecule has 1 saturated carbocycles. The zero-order valence-corrected chi connectivity index (χ0v) is 12.1. The van der Waals surface area contributed by atoms with Gasteiger partial charge in [-0.25, -0.2) is 4.98 Å². The monoisotopic (exact) mass is 279 g/mol. The van der Waals surface area contributed by atoms with Gasteiger partial charge in [-0.2, -0.15) is 0 Å². The van der Waals surface area contributed by atoms with Gasteiger partial charge >= 0.3 is 0 Å². The van der Waals surface area contributed by atoms with Crippen LogP contribution in [0.3, 0.4) is 0 Å². The molecule has 5 heteroatoms. The Morgan fingerprint density at radius 3 is 2.74 bits per heavy atom. The first kappa shape index (κ1) is 13.1. The Hall–Kier alpha value is -0.940. The summed E-state index contributed by atoms with van der Waals surface area (Å²) in [7, 11) is 0. The number of piperazine rings is 1. The van der Waals surface area contributed by atoms with Crippen LogP contribution in [0.5, 0.6) is 0 Å². The average Bonchev–Trinajstić information content (AvgIpc) is 2.89. The molecule has 4 nitrogen and oxygen atoms in total. The zero-order chi connectivity index (χ0) is 13.1. The number of Topliss-reactive ketones (excluding diaryl/α,β-unsaturated/α-hetero) is 1. The van der Waals surface area contributed by atoms with Gasteiger partial charge < -0.3 is 4.90 Å². The lowest BCUT2D eigenvalue weighted by Crippen LogP contribution is -2.52. The lowest BCUT2D eigenvalue weighted by molar-refractivity contribution is -0.124. The highest BCUT2D eigenvalue weighted by molar-refractivity contribution is 7.13. The standard InChI is InChI=1S/C14H21N3OS/c18-13-5-3-1-2-4-12(13)16-7-9-17(10-8-16)14-15-6-11-19-14/h6,11-12H,1-5,7-10H2. The maximum absolute atomic E-state index is 12.2. The molecule has 2 aliphatic rings. The third-order valence-corrected chi connectivity index (χ3v) is 5.05. The first-order chi connectivity index (χ1) is 9.34. The topological polar surface area (TPSA) is 36.4 Å². The minimum Gasteiger partial charge on any atom is -0.346 e. The largest absolute Gasteiger partial charge is 0.346 e. The Labute approximate surface area is 118 Å². The zero-order valence-electron chi connectivity index (χ0n) is 11.3. The highest BCUT2D eigenvalue weighted by Crippen LogP contribution is 2.23. The molecule has 0 spiro atoms. The number of nitrogens with zero attached hydrogens (tertiary/aromatic N) is 3. The van der Waals surface area contributed by atoms with E-state index in [0.717, 1.165) is 50.6 Å². The van der Waals surface area contributed by atoms with Crippen molar-refractivity contribution in [1.29, 1.82) is 0 Å². The summed E-state index contributed by atoms with van der Waals surface area (Å²) in [6.45, 7) is 3.99. The van der Waals surface area contributed by atoms with Crippen molar-refractivity contribution in [2.24, 2.45) is 0 Å². The van der Waals surface area contributed by atoms with Crippen LogP contribution in [0.2, 0.25) is 0 Å². The number of thiazole rings is 1. The molecule has 19 heavy (non-hydrogen) atoms. The Morgan fingerprint density at radius 1 is 1.16 bits per heavy atom. The second-order valence-electron chi connectivity index (χ2n) is 5.42. The third kappa shape index (κ3) is 2.98. The Morgan fingerprint density at radius 2 is 2.00 bits per heavy atom. The minimum atomic E-state index is 0.195. The van der Waals surface area contributed by atoms with Gasteiger partial charge in [-0.05, 0) is 12.8 Å². The molecule has 2 fully saturated rings. The first-order valence-corrected chi connectivity index (χ1v) is 8.14. The molecule has 1 aliphatic heterocycles. The Bertz CT molecular complexity index is 412. The predicted octanol–water partition coefficient (Wildman–Crippen LogP) is 2.17. The van der Waals surface area contributed by atoms with E-state index in [1.54, 1.807) is 11.3 Å². The average molecular weight is 279 g/mol. The number of carbonyl (C=O) groups excluding carboxylic acids is 1. The van der Waals surface area contributed by atoms with Crippen LogP contribution in [-0.2, 0) is 4.79 Å². The summed E-state index contributed by atoms with van der Waals surface area (Å²) < 4.78 is 0. The number of anilines is 1. The van der Waals surface area contributed by atoms with Crippen molar-refractivity contribution in [2.75, 3.05) is 31.1 Å². The van der Waals surface area contributed by atoms with Crippen LogP contribution in [0.15, 0.2) is 11.6 Å². The van der Waals surface area contributed by atoms with Crippen molar-refractivity contribution in [1.82, 2.24) is 9.88 Å².